The summed E-state index contributed by atoms with van der Waals surface area (Å²) in [7, 11) is 0. The second kappa shape index (κ2) is 5.99. The molecule has 1 N–H and O–H groups in total. The van der Waals surface area contributed by atoms with Crippen LogP contribution in [0.3, 0.4) is 0 Å². The van der Waals surface area contributed by atoms with E-state index in [9.17, 15) is 18.0 Å². The van der Waals surface area contributed by atoms with Crippen molar-refractivity contribution in [2.45, 2.75) is 44.3 Å². The van der Waals surface area contributed by atoms with E-state index in [0.717, 1.165) is 44.2 Å². The molecule has 0 bridgehead atoms. The number of pyridine rings is 1. The molecule has 0 saturated heterocycles. The predicted octanol–water partition coefficient (Wildman–Crippen LogP) is 3.82. The van der Waals surface area contributed by atoms with Gasteiger partial charge in [0.15, 0.2) is 0 Å². The molecule has 1 amide bonds. The number of nitrogens with one attached hydrogen (secondary N) is 1. The molecule has 1 heterocycles. The van der Waals surface area contributed by atoms with Crippen molar-refractivity contribution in [1.82, 2.24) is 10.3 Å². The van der Waals surface area contributed by atoms with Crippen molar-refractivity contribution in [3.8, 4) is 0 Å². The first-order chi connectivity index (χ1) is 9.38. The Morgan fingerprint density at radius 2 is 1.90 bits per heavy atom. The summed E-state index contributed by atoms with van der Waals surface area (Å²) in [4.78, 5) is 15.2. The molecular formula is C13H14ClF3N2O. The van der Waals surface area contributed by atoms with Crippen LogP contribution in [0.4, 0.5) is 13.2 Å². The first-order valence-corrected chi connectivity index (χ1v) is 6.80. The van der Waals surface area contributed by atoms with Gasteiger partial charge in [0, 0.05) is 6.04 Å². The zero-order chi connectivity index (χ0) is 14.8. The summed E-state index contributed by atoms with van der Waals surface area (Å²) in [6.45, 7) is 0. The number of rotatable bonds is 2. The number of carbonyl (C=O) groups is 1. The molecule has 1 aromatic rings. The maximum absolute atomic E-state index is 12.5. The molecule has 3 nitrogen and oxygen atoms in total. The molecule has 0 atom stereocenters. The molecule has 0 spiro atoms. The fourth-order valence-electron chi connectivity index (χ4n) is 2.27. The van der Waals surface area contributed by atoms with E-state index in [1.165, 1.54) is 0 Å². The van der Waals surface area contributed by atoms with E-state index >= 15 is 0 Å². The largest absolute Gasteiger partial charge is 0.433 e. The second-order valence-corrected chi connectivity index (χ2v) is 5.20. The highest BCUT2D eigenvalue weighted by Crippen LogP contribution is 2.29. The van der Waals surface area contributed by atoms with Gasteiger partial charge in [0.25, 0.3) is 5.91 Å². The lowest BCUT2D eigenvalue weighted by Crippen LogP contribution is -2.36. The number of carbonyl (C=O) groups excluding carboxylic acids is 1. The molecule has 2 rings (SSSR count). The Hall–Kier alpha value is -1.30. The predicted molar refractivity (Wildman–Crippen MR) is 68.6 cm³/mol. The van der Waals surface area contributed by atoms with Crippen molar-refractivity contribution in [3.63, 3.8) is 0 Å². The van der Waals surface area contributed by atoms with Crippen LogP contribution < -0.4 is 5.32 Å². The van der Waals surface area contributed by atoms with Crippen LogP contribution >= 0.6 is 11.6 Å². The Balaban J connectivity index is 2.10. The first kappa shape index (κ1) is 15.1. The molecular weight excluding hydrogens is 293 g/mol. The summed E-state index contributed by atoms with van der Waals surface area (Å²) < 4.78 is 37.4. The summed E-state index contributed by atoms with van der Waals surface area (Å²) in [5.41, 5.74) is -1.12. The third-order valence-electron chi connectivity index (χ3n) is 3.32. The van der Waals surface area contributed by atoms with Gasteiger partial charge in [-0.2, -0.15) is 13.2 Å². The van der Waals surface area contributed by atoms with E-state index in [1.807, 2.05) is 0 Å². The van der Waals surface area contributed by atoms with E-state index in [4.69, 9.17) is 11.6 Å². The summed E-state index contributed by atoms with van der Waals surface area (Å²) in [5, 5.41) is 2.37. The minimum absolute atomic E-state index is 0.0229. The van der Waals surface area contributed by atoms with Gasteiger partial charge in [-0.3, -0.25) is 4.79 Å². The molecule has 1 saturated carbocycles. The maximum Gasteiger partial charge on any atom is 0.433 e. The lowest BCUT2D eigenvalue weighted by molar-refractivity contribution is -0.141. The fourth-order valence-corrected chi connectivity index (χ4v) is 2.51. The SMILES string of the molecule is O=C(NC1CCCCC1)c1ccc(C(F)(F)F)nc1Cl. The van der Waals surface area contributed by atoms with Gasteiger partial charge in [-0.1, -0.05) is 30.9 Å². The van der Waals surface area contributed by atoms with Crippen molar-refractivity contribution in [1.29, 1.82) is 0 Å². The minimum atomic E-state index is -4.57. The standard InChI is InChI=1S/C13H14ClF3N2O/c14-11-9(6-7-10(19-11)13(15,16)17)12(20)18-8-4-2-1-3-5-8/h6-8H,1-5H2,(H,18,20). The van der Waals surface area contributed by atoms with E-state index in [0.29, 0.717) is 0 Å². The second-order valence-electron chi connectivity index (χ2n) is 4.84. The lowest BCUT2D eigenvalue weighted by Gasteiger charge is -2.22. The van der Waals surface area contributed by atoms with Crippen LogP contribution in [0.25, 0.3) is 0 Å². The van der Waals surface area contributed by atoms with Crippen LogP contribution in [0.15, 0.2) is 12.1 Å². The van der Waals surface area contributed by atoms with E-state index in [2.05, 4.69) is 10.3 Å². The Bertz CT molecular complexity index is 499. The maximum atomic E-state index is 12.5. The van der Waals surface area contributed by atoms with Crippen molar-refractivity contribution < 1.29 is 18.0 Å². The molecule has 1 aliphatic carbocycles. The zero-order valence-electron chi connectivity index (χ0n) is 10.6. The number of alkyl halides is 3. The van der Waals surface area contributed by atoms with Gasteiger partial charge in [0.2, 0.25) is 0 Å². The van der Waals surface area contributed by atoms with Gasteiger partial charge in [-0.15, -0.1) is 0 Å². The van der Waals surface area contributed by atoms with Gasteiger partial charge in [-0.05, 0) is 25.0 Å². The molecule has 7 heteroatoms. The van der Waals surface area contributed by atoms with Gasteiger partial charge in [-0.25, -0.2) is 4.98 Å². The molecule has 20 heavy (non-hydrogen) atoms. The number of amides is 1. The first-order valence-electron chi connectivity index (χ1n) is 6.42. The highest BCUT2D eigenvalue weighted by atomic mass is 35.5. The number of hydrogen-bond donors (Lipinski definition) is 1. The molecule has 0 aromatic carbocycles. The van der Waals surface area contributed by atoms with Crippen molar-refractivity contribution >= 4 is 17.5 Å². The summed E-state index contributed by atoms with van der Waals surface area (Å²) in [6, 6.07) is 1.90. The molecule has 0 aliphatic heterocycles. The smallest absolute Gasteiger partial charge is 0.349 e. The summed E-state index contributed by atoms with van der Waals surface area (Å²) in [5.74, 6) is -0.469. The van der Waals surface area contributed by atoms with E-state index in [1.54, 1.807) is 0 Å². The van der Waals surface area contributed by atoms with E-state index < -0.39 is 22.9 Å². The molecule has 110 valence electrons. The highest BCUT2D eigenvalue weighted by molar-refractivity contribution is 6.32. The van der Waals surface area contributed by atoms with Gasteiger partial charge < -0.3 is 5.32 Å². The molecule has 0 unspecified atom stereocenters. The van der Waals surface area contributed by atoms with Crippen LogP contribution in [0.1, 0.15) is 48.2 Å². The van der Waals surface area contributed by atoms with Crippen LogP contribution in [-0.4, -0.2) is 16.9 Å². The van der Waals surface area contributed by atoms with E-state index in [-0.39, 0.29) is 11.6 Å². The van der Waals surface area contributed by atoms with Crippen molar-refractivity contribution in [3.05, 3.63) is 28.5 Å². The van der Waals surface area contributed by atoms with Gasteiger partial charge >= 0.3 is 6.18 Å². The average Bonchev–Trinajstić information content (AvgIpc) is 2.38. The Morgan fingerprint density at radius 1 is 1.25 bits per heavy atom. The van der Waals surface area contributed by atoms with Crippen LogP contribution in [0.5, 0.6) is 0 Å². The molecule has 1 aliphatic rings. The molecule has 1 fully saturated rings. The van der Waals surface area contributed by atoms with Crippen LogP contribution in [0.2, 0.25) is 5.15 Å². The Labute approximate surface area is 119 Å². The van der Waals surface area contributed by atoms with Crippen molar-refractivity contribution in [2.24, 2.45) is 0 Å². The Kier molecular flexibility index (Phi) is 4.52. The third-order valence-corrected chi connectivity index (χ3v) is 3.61. The highest BCUT2D eigenvalue weighted by Gasteiger charge is 2.33. The quantitative estimate of drug-likeness (QED) is 0.844. The minimum Gasteiger partial charge on any atom is -0.349 e. The number of halogens is 4. The normalized spacial score (nSPS) is 17.0. The van der Waals surface area contributed by atoms with Crippen LogP contribution in [0, 0.1) is 0 Å². The van der Waals surface area contributed by atoms with Gasteiger partial charge in [0.05, 0.1) is 5.56 Å². The zero-order valence-corrected chi connectivity index (χ0v) is 11.4. The molecule has 1 aromatic heterocycles. The lowest BCUT2D eigenvalue weighted by atomic mass is 9.95. The van der Waals surface area contributed by atoms with Gasteiger partial charge in [0.1, 0.15) is 10.8 Å². The number of aromatic nitrogens is 1. The summed E-state index contributed by atoms with van der Waals surface area (Å²) >= 11 is 5.68. The number of nitrogens with zero attached hydrogens (tertiary/aromatic N) is 1. The molecule has 0 radical (unpaired) electrons. The fraction of sp³-hybridized carbons (Fsp3) is 0.538. The Morgan fingerprint density at radius 3 is 2.45 bits per heavy atom. The van der Waals surface area contributed by atoms with Crippen molar-refractivity contribution in [2.75, 3.05) is 0 Å². The number of hydrogen-bond acceptors (Lipinski definition) is 2. The summed E-state index contributed by atoms with van der Waals surface area (Å²) in [6.07, 6.45) is 0.444. The average molecular weight is 307 g/mol. The third kappa shape index (κ3) is 3.62. The topological polar surface area (TPSA) is 42.0 Å². The monoisotopic (exact) mass is 306 g/mol. The van der Waals surface area contributed by atoms with Crippen LogP contribution in [-0.2, 0) is 6.18 Å².